The highest BCUT2D eigenvalue weighted by molar-refractivity contribution is 5.74. The van der Waals surface area contributed by atoms with Crippen LogP contribution in [0.25, 0.3) is 0 Å². The molecule has 0 radical (unpaired) electrons. The highest BCUT2D eigenvalue weighted by atomic mass is 16.4. The molecule has 3 heterocycles. The molecule has 3 saturated heterocycles. The second kappa shape index (κ2) is 5.30. The predicted octanol–water partition coefficient (Wildman–Crippen LogP) is 1.90. The van der Waals surface area contributed by atoms with Gasteiger partial charge in [0.15, 0.2) is 0 Å². The zero-order chi connectivity index (χ0) is 14.3. The summed E-state index contributed by atoms with van der Waals surface area (Å²) in [5, 5.41) is 9.47. The highest BCUT2D eigenvalue weighted by Gasteiger charge is 2.43. The van der Waals surface area contributed by atoms with Crippen LogP contribution < -0.4 is 0 Å². The van der Waals surface area contributed by atoms with Gasteiger partial charge < -0.3 is 10.0 Å². The maximum absolute atomic E-state index is 11.5. The number of piperidine rings is 2. The fraction of sp³-hybridized carbons (Fsp3) is 0.938. The van der Waals surface area contributed by atoms with Crippen molar-refractivity contribution in [1.29, 1.82) is 0 Å². The molecule has 0 spiro atoms. The second-order valence-corrected chi connectivity index (χ2v) is 7.57. The van der Waals surface area contributed by atoms with E-state index in [4.69, 9.17) is 0 Å². The molecule has 3 rings (SSSR count). The van der Waals surface area contributed by atoms with Crippen molar-refractivity contribution in [1.82, 2.24) is 9.80 Å². The number of hydrogen-bond donors (Lipinski definition) is 1. The van der Waals surface area contributed by atoms with E-state index in [1.54, 1.807) is 0 Å². The first-order valence-electron chi connectivity index (χ1n) is 8.18. The zero-order valence-corrected chi connectivity index (χ0v) is 12.8. The summed E-state index contributed by atoms with van der Waals surface area (Å²) in [6.07, 6.45) is 4.85. The largest absolute Gasteiger partial charge is 0.481 e. The monoisotopic (exact) mass is 280 g/mol. The summed E-state index contributed by atoms with van der Waals surface area (Å²) in [4.78, 5) is 16.7. The number of fused-ring (bicyclic) bond motifs is 2. The van der Waals surface area contributed by atoms with Crippen LogP contribution in [0.4, 0.5) is 0 Å². The van der Waals surface area contributed by atoms with Crippen molar-refractivity contribution in [2.75, 3.05) is 32.7 Å². The predicted molar refractivity (Wildman–Crippen MR) is 78.7 cm³/mol. The first-order chi connectivity index (χ1) is 9.48. The van der Waals surface area contributed by atoms with Crippen LogP contribution in [0.3, 0.4) is 0 Å². The summed E-state index contributed by atoms with van der Waals surface area (Å²) in [6, 6.07) is 0.709. The van der Waals surface area contributed by atoms with Crippen molar-refractivity contribution in [2.45, 2.75) is 45.6 Å². The van der Waals surface area contributed by atoms with Crippen LogP contribution in [0, 0.1) is 17.3 Å². The number of hydrogen-bond acceptors (Lipinski definition) is 3. The Morgan fingerprint density at radius 3 is 2.60 bits per heavy atom. The lowest BCUT2D eigenvalue weighted by Gasteiger charge is -2.45. The molecule has 0 saturated carbocycles. The molecule has 0 aromatic heterocycles. The van der Waals surface area contributed by atoms with E-state index >= 15 is 0 Å². The van der Waals surface area contributed by atoms with Crippen molar-refractivity contribution in [2.24, 2.45) is 17.3 Å². The summed E-state index contributed by atoms with van der Waals surface area (Å²) in [6.45, 7) is 9.76. The number of likely N-dealkylation sites (tertiary alicyclic amines) is 1. The van der Waals surface area contributed by atoms with E-state index in [1.807, 2.05) is 13.8 Å². The van der Waals surface area contributed by atoms with E-state index in [1.165, 1.54) is 39.0 Å². The SMILES string of the molecule is CC(C)(C(=O)O)C1CCCN(C2CCN3CCC2C3)C1. The third-order valence-electron chi connectivity index (χ3n) is 6.09. The normalized spacial score (nSPS) is 38.9. The van der Waals surface area contributed by atoms with Gasteiger partial charge in [0.05, 0.1) is 5.41 Å². The van der Waals surface area contributed by atoms with E-state index < -0.39 is 11.4 Å². The first kappa shape index (κ1) is 14.3. The van der Waals surface area contributed by atoms with Gasteiger partial charge in [0.1, 0.15) is 0 Å². The molecule has 3 aliphatic rings. The lowest BCUT2D eigenvalue weighted by molar-refractivity contribution is -0.151. The van der Waals surface area contributed by atoms with Crippen molar-refractivity contribution >= 4 is 5.97 Å². The van der Waals surface area contributed by atoms with Gasteiger partial charge in [-0.1, -0.05) is 0 Å². The number of carbonyl (C=O) groups is 1. The summed E-state index contributed by atoms with van der Waals surface area (Å²) >= 11 is 0. The molecule has 4 heteroatoms. The van der Waals surface area contributed by atoms with Crippen LogP contribution in [-0.2, 0) is 4.79 Å². The average molecular weight is 280 g/mol. The molecule has 4 atom stereocenters. The van der Waals surface area contributed by atoms with E-state index in [-0.39, 0.29) is 0 Å². The Kier molecular flexibility index (Phi) is 3.80. The number of carboxylic acids is 1. The van der Waals surface area contributed by atoms with Crippen molar-refractivity contribution < 1.29 is 9.90 Å². The van der Waals surface area contributed by atoms with Crippen LogP contribution in [0.2, 0.25) is 0 Å². The van der Waals surface area contributed by atoms with Gasteiger partial charge in [-0.3, -0.25) is 9.69 Å². The lowest BCUT2D eigenvalue weighted by atomic mass is 9.74. The molecule has 20 heavy (non-hydrogen) atoms. The smallest absolute Gasteiger partial charge is 0.309 e. The van der Waals surface area contributed by atoms with Gasteiger partial charge in [-0.15, -0.1) is 0 Å². The zero-order valence-electron chi connectivity index (χ0n) is 12.8. The van der Waals surface area contributed by atoms with Crippen LogP contribution in [0.1, 0.15) is 39.5 Å². The van der Waals surface area contributed by atoms with Crippen LogP contribution in [0.5, 0.6) is 0 Å². The van der Waals surface area contributed by atoms with Crippen molar-refractivity contribution in [3.63, 3.8) is 0 Å². The fourth-order valence-corrected chi connectivity index (χ4v) is 4.48. The third-order valence-corrected chi connectivity index (χ3v) is 6.09. The Morgan fingerprint density at radius 1 is 1.10 bits per heavy atom. The van der Waals surface area contributed by atoms with Crippen molar-refractivity contribution in [3.05, 3.63) is 0 Å². The molecule has 0 aliphatic carbocycles. The molecule has 0 aromatic carbocycles. The number of rotatable bonds is 3. The maximum atomic E-state index is 11.5. The molecule has 3 aliphatic heterocycles. The molecule has 4 unspecified atom stereocenters. The quantitative estimate of drug-likeness (QED) is 0.857. The Labute approximate surface area is 122 Å². The van der Waals surface area contributed by atoms with Gasteiger partial charge in [0, 0.05) is 19.1 Å². The molecule has 3 fully saturated rings. The standard InChI is InChI=1S/C16H28N2O2/c1-16(2,15(19)20)13-4-3-7-18(11-13)14-6-9-17-8-5-12(14)10-17/h12-14H,3-11H2,1-2H3,(H,19,20). The van der Waals surface area contributed by atoms with Gasteiger partial charge in [0.2, 0.25) is 0 Å². The van der Waals surface area contributed by atoms with Crippen LogP contribution in [0.15, 0.2) is 0 Å². The molecule has 4 nitrogen and oxygen atoms in total. The average Bonchev–Trinajstić information content (AvgIpc) is 2.80. The van der Waals surface area contributed by atoms with Crippen molar-refractivity contribution in [3.8, 4) is 0 Å². The fourth-order valence-electron chi connectivity index (χ4n) is 4.48. The van der Waals surface area contributed by atoms with Gasteiger partial charge in [-0.25, -0.2) is 0 Å². The Hall–Kier alpha value is -0.610. The van der Waals surface area contributed by atoms with E-state index in [0.29, 0.717) is 12.0 Å². The topological polar surface area (TPSA) is 43.8 Å². The van der Waals surface area contributed by atoms with Gasteiger partial charge in [-0.2, -0.15) is 0 Å². The first-order valence-corrected chi connectivity index (χ1v) is 8.18. The molecule has 0 amide bonds. The molecular weight excluding hydrogens is 252 g/mol. The maximum Gasteiger partial charge on any atom is 0.309 e. The number of nitrogens with zero attached hydrogens (tertiary/aromatic N) is 2. The van der Waals surface area contributed by atoms with E-state index in [2.05, 4.69) is 9.80 Å². The van der Waals surface area contributed by atoms with Crippen LogP contribution >= 0.6 is 0 Å². The highest BCUT2D eigenvalue weighted by Crippen LogP contribution is 2.38. The molecular formula is C16H28N2O2. The van der Waals surface area contributed by atoms with Crippen LogP contribution in [-0.4, -0.2) is 59.6 Å². The summed E-state index contributed by atoms with van der Waals surface area (Å²) in [5.41, 5.74) is -0.588. The number of aliphatic carboxylic acids is 1. The minimum Gasteiger partial charge on any atom is -0.481 e. The molecule has 2 bridgehead atoms. The minimum absolute atomic E-state index is 0.299. The van der Waals surface area contributed by atoms with Gasteiger partial charge >= 0.3 is 5.97 Å². The van der Waals surface area contributed by atoms with Gasteiger partial charge in [0.25, 0.3) is 0 Å². The molecule has 114 valence electrons. The Bertz CT molecular complexity index is 383. The third kappa shape index (κ3) is 2.48. The lowest BCUT2D eigenvalue weighted by Crippen LogP contribution is -2.52. The Balaban J connectivity index is 1.67. The molecule has 0 aromatic rings. The van der Waals surface area contributed by atoms with E-state index in [9.17, 15) is 9.90 Å². The minimum atomic E-state index is -0.639. The Morgan fingerprint density at radius 2 is 1.85 bits per heavy atom. The molecule has 1 N–H and O–H groups in total. The summed E-state index contributed by atoms with van der Waals surface area (Å²) < 4.78 is 0. The van der Waals surface area contributed by atoms with Gasteiger partial charge in [-0.05, 0) is 71.0 Å². The number of carboxylic acid groups (broad SMARTS) is 1. The summed E-state index contributed by atoms with van der Waals surface area (Å²) in [5.74, 6) is 0.489. The summed E-state index contributed by atoms with van der Waals surface area (Å²) in [7, 11) is 0. The van der Waals surface area contributed by atoms with E-state index in [0.717, 1.165) is 25.3 Å². The second-order valence-electron chi connectivity index (χ2n) is 7.57.